The highest BCUT2D eigenvalue weighted by atomic mass is 35.5. The molecule has 2 aliphatic heterocycles. The van der Waals surface area contributed by atoms with Crippen LogP contribution in [0.3, 0.4) is 0 Å². The van der Waals surface area contributed by atoms with Crippen LogP contribution in [0.15, 0.2) is 52.4 Å². The van der Waals surface area contributed by atoms with Gasteiger partial charge in [0.1, 0.15) is 18.0 Å². The standard InChI is InChI=1S/C18H14ClFN3/c1-11-21-9-13-10-22-18(14-4-2-3-5-16(14)20)15-8-12(19)6-7-17(15)23(11)13/h2-8H,9-10H2,1H3/q+1. The minimum absolute atomic E-state index is 0.283. The van der Waals surface area contributed by atoms with Crippen LogP contribution >= 0.6 is 11.6 Å². The summed E-state index contributed by atoms with van der Waals surface area (Å²) in [5, 5.41) is 0.602. The number of hydrogen-bond donors (Lipinski definition) is 0. The second kappa shape index (κ2) is 5.39. The third-order valence-corrected chi connectivity index (χ3v) is 4.37. The molecule has 0 atom stereocenters. The molecule has 2 aliphatic rings. The molecular formula is C18H14ClFN3+. The molecular weight excluding hydrogens is 313 g/mol. The Morgan fingerprint density at radius 2 is 1.83 bits per heavy atom. The normalized spacial score (nSPS) is 16.5. The van der Waals surface area contributed by atoms with Crippen molar-refractivity contribution in [2.24, 2.45) is 9.98 Å². The lowest BCUT2D eigenvalue weighted by atomic mass is 10.00. The quantitative estimate of drug-likeness (QED) is 0.712. The minimum atomic E-state index is -0.283. The zero-order valence-corrected chi connectivity index (χ0v) is 13.3. The van der Waals surface area contributed by atoms with E-state index in [4.69, 9.17) is 11.6 Å². The van der Waals surface area contributed by atoms with Crippen LogP contribution in [-0.4, -0.2) is 34.9 Å². The van der Waals surface area contributed by atoms with Crippen molar-refractivity contribution in [3.05, 3.63) is 64.4 Å². The van der Waals surface area contributed by atoms with Crippen LogP contribution in [0.25, 0.3) is 0 Å². The molecule has 5 heteroatoms. The molecule has 0 bridgehead atoms. The average molecular weight is 327 g/mol. The largest absolute Gasteiger partial charge is 0.295 e. The van der Waals surface area contributed by atoms with Gasteiger partial charge < -0.3 is 0 Å². The van der Waals surface area contributed by atoms with E-state index in [1.165, 1.54) is 6.07 Å². The van der Waals surface area contributed by atoms with Gasteiger partial charge in [-0.15, -0.1) is 0 Å². The van der Waals surface area contributed by atoms with E-state index in [-0.39, 0.29) is 5.82 Å². The average Bonchev–Trinajstić information content (AvgIpc) is 2.82. The Morgan fingerprint density at radius 1 is 1.04 bits per heavy atom. The number of fused-ring (bicyclic) bond motifs is 2. The Kier molecular flexibility index (Phi) is 3.34. The number of amidine groups is 1. The maximum atomic E-state index is 14.3. The fourth-order valence-corrected chi connectivity index (χ4v) is 3.25. The van der Waals surface area contributed by atoms with Gasteiger partial charge in [0.15, 0.2) is 12.3 Å². The number of halogens is 2. The highest BCUT2D eigenvalue weighted by Gasteiger charge is 2.31. The van der Waals surface area contributed by atoms with Crippen molar-refractivity contribution in [2.75, 3.05) is 13.1 Å². The molecule has 0 aromatic heterocycles. The summed E-state index contributed by atoms with van der Waals surface area (Å²) in [4.78, 5) is 9.17. The Balaban J connectivity index is 1.98. The third-order valence-electron chi connectivity index (χ3n) is 4.13. The molecule has 0 aliphatic carbocycles. The van der Waals surface area contributed by atoms with Crippen LogP contribution in [0.5, 0.6) is 0 Å². The molecule has 0 amide bonds. The van der Waals surface area contributed by atoms with E-state index in [2.05, 4.69) is 14.6 Å². The van der Waals surface area contributed by atoms with E-state index in [0.717, 1.165) is 22.8 Å². The van der Waals surface area contributed by atoms with E-state index in [0.29, 0.717) is 29.4 Å². The Morgan fingerprint density at radius 3 is 2.65 bits per heavy atom. The van der Waals surface area contributed by atoms with Crippen molar-refractivity contribution in [2.45, 2.75) is 6.92 Å². The summed E-state index contributed by atoms with van der Waals surface area (Å²) < 4.78 is 16.4. The van der Waals surface area contributed by atoms with Gasteiger partial charge >= 0.3 is 0 Å². The van der Waals surface area contributed by atoms with Crippen LogP contribution in [0.1, 0.15) is 18.1 Å². The Labute approximate surface area is 138 Å². The van der Waals surface area contributed by atoms with Crippen molar-refractivity contribution in [1.82, 2.24) is 0 Å². The number of nitrogens with zero attached hydrogens (tertiary/aromatic N) is 3. The molecule has 4 rings (SSSR count). The first-order chi connectivity index (χ1) is 11.1. The summed E-state index contributed by atoms with van der Waals surface area (Å²) in [5.41, 5.74) is 4.00. The SMILES string of the molecule is CC1=NCC2=[N+]1c1ccc(Cl)cc1C(c1ccccc1F)=NC2. The fourth-order valence-electron chi connectivity index (χ4n) is 3.07. The first kappa shape index (κ1) is 14.3. The van der Waals surface area contributed by atoms with Gasteiger partial charge in [-0.3, -0.25) is 4.99 Å². The topological polar surface area (TPSA) is 27.7 Å². The predicted octanol–water partition coefficient (Wildman–Crippen LogP) is 3.85. The molecule has 0 saturated heterocycles. The monoisotopic (exact) mass is 326 g/mol. The summed E-state index contributed by atoms with van der Waals surface area (Å²) in [7, 11) is 0. The maximum absolute atomic E-state index is 14.3. The summed E-state index contributed by atoms with van der Waals surface area (Å²) >= 11 is 6.20. The molecule has 0 unspecified atom stereocenters. The number of rotatable bonds is 1. The molecule has 2 heterocycles. The van der Waals surface area contributed by atoms with Crippen molar-refractivity contribution in [3.8, 4) is 0 Å². The van der Waals surface area contributed by atoms with E-state index >= 15 is 0 Å². The van der Waals surface area contributed by atoms with Crippen LogP contribution < -0.4 is 0 Å². The summed E-state index contributed by atoms with van der Waals surface area (Å²) in [6.45, 7) is 3.10. The van der Waals surface area contributed by atoms with E-state index in [1.54, 1.807) is 12.1 Å². The van der Waals surface area contributed by atoms with Gasteiger partial charge in [-0.05, 0) is 30.3 Å². The molecule has 2 aromatic carbocycles. The lowest BCUT2D eigenvalue weighted by Crippen LogP contribution is -2.18. The first-order valence-corrected chi connectivity index (χ1v) is 7.78. The van der Waals surface area contributed by atoms with E-state index in [1.807, 2.05) is 31.2 Å². The Bertz CT molecular complexity index is 912. The number of hydrogen-bond acceptors (Lipinski definition) is 2. The number of benzene rings is 2. The van der Waals surface area contributed by atoms with Crippen LogP contribution in [0, 0.1) is 5.82 Å². The van der Waals surface area contributed by atoms with Gasteiger partial charge in [-0.1, -0.05) is 28.7 Å². The van der Waals surface area contributed by atoms with Crippen molar-refractivity contribution >= 4 is 34.5 Å². The molecule has 0 saturated carbocycles. The molecule has 0 N–H and O–H groups in total. The van der Waals surface area contributed by atoms with E-state index < -0.39 is 0 Å². The zero-order chi connectivity index (χ0) is 16.0. The Hall–Kier alpha value is -2.33. The van der Waals surface area contributed by atoms with Crippen LogP contribution in [-0.2, 0) is 0 Å². The van der Waals surface area contributed by atoms with Gasteiger partial charge in [0.25, 0.3) is 5.84 Å². The van der Waals surface area contributed by atoms with Gasteiger partial charge in [0, 0.05) is 23.1 Å². The lowest BCUT2D eigenvalue weighted by Gasteiger charge is -2.11. The van der Waals surface area contributed by atoms with Crippen molar-refractivity contribution in [1.29, 1.82) is 0 Å². The minimum Gasteiger partial charge on any atom is -0.275 e. The molecule has 2 aromatic rings. The lowest BCUT2D eigenvalue weighted by molar-refractivity contribution is -0.304. The second-order valence-electron chi connectivity index (χ2n) is 5.57. The summed E-state index contributed by atoms with van der Waals surface area (Å²) in [5.74, 6) is 0.642. The highest BCUT2D eigenvalue weighted by Crippen LogP contribution is 2.30. The second-order valence-corrected chi connectivity index (χ2v) is 6.01. The van der Waals surface area contributed by atoms with Crippen LogP contribution in [0.4, 0.5) is 10.1 Å². The molecule has 0 spiro atoms. The highest BCUT2D eigenvalue weighted by molar-refractivity contribution is 6.31. The molecule has 3 nitrogen and oxygen atoms in total. The predicted molar refractivity (Wildman–Crippen MR) is 91.3 cm³/mol. The number of aliphatic imine (C=N–C) groups is 2. The molecule has 0 fully saturated rings. The van der Waals surface area contributed by atoms with Gasteiger partial charge in [0.05, 0.1) is 5.71 Å². The van der Waals surface area contributed by atoms with Crippen molar-refractivity contribution in [3.63, 3.8) is 0 Å². The summed E-state index contributed by atoms with van der Waals surface area (Å²) in [6.07, 6.45) is 0. The van der Waals surface area contributed by atoms with E-state index in [9.17, 15) is 4.39 Å². The van der Waals surface area contributed by atoms with Gasteiger partial charge in [0.2, 0.25) is 0 Å². The molecule has 23 heavy (non-hydrogen) atoms. The fraction of sp³-hybridized carbons (Fsp3) is 0.167. The maximum Gasteiger partial charge on any atom is 0.295 e. The summed E-state index contributed by atoms with van der Waals surface area (Å²) in [6, 6.07) is 12.3. The molecule has 0 radical (unpaired) electrons. The smallest absolute Gasteiger partial charge is 0.275 e. The van der Waals surface area contributed by atoms with Crippen LogP contribution in [0.2, 0.25) is 5.02 Å². The third kappa shape index (κ3) is 2.30. The molecule has 114 valence electrons. The van der Waals surface area contributed by atoms with Gasteiger partial charge in [-0.25, -0.2) is 4.39 Å². The zero-order valence-electron chi connectivity index (χ0n) is 12.6. The van der Waals surface area contributed by atoms with Crippen molar-refractivity contribution < 1.29 is 8.97 Å². The first-order valence-electron chi connectivity index (χ1n) is 7.40. The van der Waals surface area contributed by atoms with Gasteiger partial charge in [-0.2, -0.15) is 4.58 Å².